The lowest BCUT2D eigenvalue weighted by Gasteiger charge is -2.35. The van der Waals surface area contributed by atoms with Gasteiger partial charge in [-0.1, -0.05) is 18.2 Å². The summed E-state index contributed by atoms with van der Waals surface area (Å²) in [4.78, 5) is 19.2. The van der Waals surface area contributed by atoms with Crippen molar-refractivity contribution in [3.05, 3.63) is 46.9 Å². The number of hydrogen-bond donors (Lipinski definition) is 0. The second kappa shape index (κ2) is 6.51. The van der Waals surface area contributed by atoms with Crippen LogP contribution in [0.4, 0.5) is 0 Å². The van der Waals surface area contributed by atoms with Gasteiger partial charge in [-0.15, -0.1) is 11.3 Å². The molecule has 3 aliphatic heterocycles. The molecule has 25 heavy (non-hydrogen) atoms. The van der Waals surface area contributed by atoms with Gasteiger partial charge in [0.15, 0.2) is 0 Å². The summed E-state index contributed by atoms with van der Waals surface area (Å²) in [5.74, 6) is -0.217. The third-order valence-electron chi connectivity index (χ3n) is 4.96. The van der Waals surface area contributed by atoms with E-state index in [-0.39, 0.29) is 29.3 Å². The minimum atomic E-state index is -3.58. The number of carbonyl (C=O) groups is 1. The first-order chi connectivity index (χ1) is 12.1. The maximum absolute atomic E-state index is 13.0. The van der Waals surface area contributed by atoms with E-state index in [0.29, 0.717) is 13.1 Å². The number of aromatic nitrogens is 1. The fraction of sp³-hybridized carbons (Fsp3) is 0.412. The van der Waals surface area contributed by atoms with Crippen LogP contribution in [-0.4, -0.2) is 47.6 Å². The lowest BCUT2D eigenvalue weighted by molar-refractivity contribution is -0.140. The Balaban J connectivity index is 1.62. The molecular weight excluding hydrogens is 358 g/mol. The topological polar surface area (TPSA) is 70.6 Å². The van der Waals surface area contributed by atoms with Gasteiger partial charge in [-0.2, -0.15) is 4.31 Å². The number of rotatable bonds is 4. The highest BCUT2D eigenvalue weighted by Gasteiger charge is 2.44. The van der Waals surface area contributed by atoms with Crippen molar-refractivity contribution >= 4 is 27.3 Å². The van der Waals surface area contributed by atoms with Crippen LogP contribution >= 0.6 is 11.3 Å². The Hall–Kier alpha value is -1.77. The summed E-state index contributed by atoms with van der Waals surface area (Å²) in [6, 6.07) is 8.36. The van der Waals surface area contributed by atoms with Gasteiger partial charge in [0.2, 0.25) is 15.9 Å². The molecule has 3 saturated heterocycles. The Kier molecular flexibility index (Phi) is 4.35. The lowest BCUT2D eigenvalue weighted by Crippen LogP contribution is -2.47. The van der Waals surface area contributed by atoms with E-state index in [9.17, 15) is 13.2 Å². The molecule has 0 aliphatic carbocycles. The van der Waals surface area contributed by atoms with E-state index in [0.717, 1.165) is 18.5 Å². The highest BCUT2D eigenvalue weighted by Crippen LogP contribution is 2.32. The molecule has 2 aromatic rings. The fourth-order valence-corrected chi connectivity index (χ4v) is 5.73. The van der Waals surface area contributed by atoms with Crippen LogP contribution in [-0.2, 0) is 21.4 Å². The average Bonchev–Trinajstić information content (AvgIpc) is 2.98. The number of benzene rings is 1. The molecule has 2 atom stereocenters. The van der Waals surface area contributed by atoms with Crippen LogP contribution in [0.1, 0.15) is 18.5 Å². The zero-order valence-electron chi connectivity index (χ0n) is 13.6. The summed E-state index contributed by atoms with van der Waals surface area (Å²) in [5.41, 5.74) is 2.62. The number of sulfonamides is 1. The Labute approximate surface area is 151 Å². The molecule has 2 bridgehead atoms. The average molecular weight is 377 g/mol. The fourth-order valence-electron chi connectivity index (χ4n) is 3.64. The summed E-state index contributed by atoms with van der Waals surface area (Å²) >= 11 is 1.50. The SMILES string of the molecule is O=C1[C@@H]2CC[C@@H](CN(S(=O)(=O)c3ccccc3)C2)N1Cc1cscn1. The number of hydrogen-bond acceptors (Lipinski definition) is 5. The standard InChI is InChI=1S/C17H19N3O3S2/c21-17-13-6-7-15(20(17)9-14-11-24-12-18-14)10-19(8-13)25(22,23)16-4-2-1-3-5-16/h1-5,11-13,15H,6-10H2/t13-,15+/m1/s1. The number of fused-ring (bicyclic) bond motifs is 4. The molecule has 6 nitrogen and oxygen atoms in total. The van der Waals surface area contributed by atoms with Gasteiger partial charge in [0.1, 0.15) is 0 Å². The van der Waals surface area contributed by atoms with Crippen LogP contribution in [0.5, 0.6) is 0 Å². The maximum atomic E-state index is 13.0. The molecule has 1 aromatic heterocycles. The molecule has 5 rings (SSSR count). The number of nitrogens with zero attached hydrogens (tertiary/aromatic N) is 3. The first-order valence-electron chi connectivity index (χ1n) is 8.28. The van der Waals surface area contributed by atoms with Crippen molar-refractivity contribution in [2.24, 2.45) is 5.92 Å². The molecule has 3 fully saturated rings. The highest BCUT2D eigenvalue weighted by atomic mass is 32.2. The Morgan fingerprint density at radius 2 is 1.96 bits per heavy atom. The number of amides is 1. The molecule has 1 amide bonds. The molecule has 3 aliphatic rings. The van der Waals surface area contributed by atoms with Crippen molar-refractivity contribution in [1.29, 1.82) is 0 Å². The van der Waals surface area contributed by atoms with Gasteiger partial charge < -0.3 is 4.90 Å². The predicted molar refractivity (Wildman–Crippen MR) is 94.4 cm³/mol. The summed E-state index contributed by atoms with van der Waals surface area (Å²) in [5, 5.41) is 1.93. The van der Waals surface area contributed by atoms with E-state index in [2.05, 4.69) is 4.98 Å². The van der Waals surface area contributed by atoms with Gasteiger partial charge in [0.05, 0.1) is 28.6 Å². The first-order valence-corrected chi connectivity index (χ1v) is 10.7. The summed E-state index contributed by atoms with van der Waals surface area (Å²) in [6.07, 6.45) is 1.58. The minimum absolute atomic E-state index is 0.0509. The lowest BCUT2D eigenvalue weighted by atomic mass is 9.94. The van der Waals surface area contributed by atoms with Gasteiger partial charge in [-0.25, -0.2) is 13.4 Å². The summed E-state index contributed by atoms with van der Waals surface area (Å²) < 4.78 is 27.4. The first kappa shape index (κ1) is 16.7. The third kappa shape index (κ3) is 3.09. The second-order valence-corrected chi connectivity index (χ2v) is 9.17. The molecule has 0 unspecified atom stereocenters. The zero-order chi connectivity index (χ0) is 17.4. The molecule has 8 heteroatoms. The van der Waals surface area contributed by atoms with Crippen molar-refractivity contribution in [2.75, 3.05) is 13.1 Å². The monoisotopic (exact) mass is 377 g/mol. The van der Waals surface area contributed by atoms with Gasteiger partial charge in [-0.3, -0.25) is 4.79 Å². The van der Waals surface area contributed by atoms with Crippen molar-refractivity contribution < 1.29 is 13.2 Å². The van der Waals surface area contributed by atoms with Gasteiger partial charge in [0, 0.05) is 24.5 Å². The van der Waals surface area contributed by atoms with Crippen molar-refractivity contribution in [1.82, 2.24) is 14.2 Å². The quantitative estimate of drug-likeness (QED) is 0.817. The molecule has 0 radical (unpaired) electrons. The summed E-state index contributed by atoms with van der Waals surface area (Å²) in [7, 11) is -3.58. The number of piperidine rings is 1. The van der Waals surface area contributed by atoms with Crippen LogP contribution in [0, 0.1) is 5.92 Å². The Morgan fingerprint density at radius 1 is 1.16 bits per heavy atom. The van der Waals surface area contributed by atoms with E-state index >= 15 is 0 Å². The van der Waals surface area contributed by atoms with Crippen molar-refractivity contribution in [2.45, 2.75) is 30.3 Å². The van der Waals surface area contributed by atoms with E-state index < -0.39 is 10.0 Å². The molecule has 4 heterocycles. The number of carbonyl (C=O) groups excluding carboxylic acids is 1. The third-order valence-corrected chi connectivity index (χ3v) is 7.44. The normalized spacial score (nSPS) is 24.5. The largest absolute Gasteiger partial charge is 0.332 e. The van der Waals surface area contributed by atoms with Crippen LogP contribution in [0.2, 0.25) is 0 Å². The van der Waals surface area contributed by atoms with Crippen LogP contribution in [0.15, 0.2) is 46.1 Å². The highest BCUT2D eigenvalue weighted by molar-refractivity contribution is 7.89. The van der Waals surface area contributed by atoms with E-state index in [1.807, 2.05) is 10.3 Å². The molecule has 0 spiro atoms. The smallest absolute Gasteiger partial charge is 0.243 e. The van der Waals surface area contributed by atoms with E-state index in [1.54, 1.807) is 35.8 Å². The van der Waals surface area contributed by atoms with Gasteiger partial charge >= 0.3 is 0 Å². The van der Waals surface area contributed by atoms with Gasteiger partial charge in [-0.05, 0) is 25.0 Å². The van der Waals surface area contributed by atoms with Crippen molar-refractivity contribution in [3.63, 3.8) is 0 Å². The van der Waals surface area contributed by atoms with E-state index in [4.69, 9.17) is 0 Å². The molecule has 0 saturated carbocycles. The summed E-state index contributed by atoms with van der Waals surface area (Å²) in [6.45, 7) is 1.08. The van der Waals surface area contributed by atoms with Crippen LogP contribution in [0.25, 0.3) is 0 Å². The van der Waals surface area contributed by atoms with Crippen LogP contribution in [0.3, 0.4) is 0 Å². The predicted octanol–water partition coefficient (Wildman–Crippen LogP) is 1.95. The Morgan fingerprint density at radius 3 is 2.68 bits per heavy atom. The molecule has 1 aromatic carbocycles. The maximum Gasteiger partial charge on any atom is 0.243 e. The molecular formula is C17H19N3O3S2. The molecule has 0 N–H and O–H groups in total. The van der Waals surface area contributed by atoms with E-state index in [1.165, 1.54) is 15.6 Å². The van der Waals surface area contributed by atoms with Crippen molar-refractivity contribution in [3.8, 4) is 0 Å². The second-order valence-electron chi connectivity index (χ2n) is 6.51. The molecule has 132 valence electrons. The number of thiazole rings is 1. The zero-order valence-corrected chi connectivity index (χ0v) is 15.2. The Bertz CT molecular complexity index is 853. The van der Waals surface area contributed by atoms with Crippen LogP contribution < -0.4 is 0 Å². The minimum Gasteiger partial charge on any atom is -0.332 e. The van der Waals surface area contributed by atoms with Gasteiger partial charge in [0.25, 0.3) is 0 Å².